The molecule has 0 aliphatic carbocycles. The molecule has 0 aliphatic heterocycles. The molecule has 4 rings (SSSR count). The van der Waals surface area contributed by atoms with Crippen molar-refractivity contribution >= 4 is 16.7 Å². The summed E-state index contributed by atoms with van der Waals surface area (Å²) in [7, 11) is 3.58. The molecule has 0 atom stereocenters. The van der Waals surface area contributed by atoms with Crippen LogP contribution in [0, 0.1) is 0 Å². The molecule has 0 spiro atoms. The third kappa shape index (κ3) is 3.50. The van der Waals surface area contributed by atoms with Crippen LogP contribution in [0.5, 0.6) is 0 Å². The molecule has 0 amide bonds. The first-order valence-corrected chi connectivity index (χ1v) is 8.76. The van der Waals surface area contributed by atoms with Crippen molar-refractivity contribution in [2.75, 3.05) is 19.5 Å². The van der Waals surface area contributed by atoms with E-state index >= 15 is 0 Å². The van der Waals surface area contributed by atoms with E-state index < -0.39 is 0 Å². The van der Waals surface area contributed by atoms with Gasteiger partial charge in [-0.2, -0.15) is 0 Å². The quantitative estimate of drug-likeness (QED) is 0.568. The van der Waals surface area contributed by atoms with E-state index in [4.69, 9.17) is 9.72 Å². The van der Waals surface area contributed by atoms with Gasteiger partial charge in [0, 0.05) is 37.5 Å². The Labute approximate surface area is 158 Å². The highest BCUT2D eigenvalue weighted by Gasteiger charge is 2.10. The van der Waals surface area contributed by atoms with Crippen molar-refractivity contribution in [1.82, 2.24) is 15.0 Å². The van der Waals surface area contributed by atoms with Crippen molar-refractivity contribution in [3.8, 4) is 22.5 Å². The maximum atomic E-state index is 5.25. The normalized spacial score (nSPS) is 10.9. The van der Waals surface area contributed by atoms with E-state index in [1.807, 2.05) is 25.2 Å². The summed E-state index contributed by atoms with van der Waals surface area (Å²) in [5.41, 5.74) is 5.20. The Hall–Kier alpha value is -3.31. The van der Waals surface area contributed by atoms with Crippen LogP contribution in [0.1, 0.15) is 5.56 Å². The molecule has 5 nitrogen and oxygen atoms in total. The van der Waals surface area contributed by atoms with Crippen LogP contribution in [0.4, 0.5) is 5.82 Å². The van der Waals surface area contributed by atoms with Gasteiger partial charge in [-0.05, 0) is 47.0 Å². The largest absolute Gasteiger partial charge is 0.380 e. The van der Waals surface area contributed by atoms with Gasteiger partial charge in [0.05, 0.1) is 12.1 Å². The molecule has 0 bridgehead atoms. The van der Waals surface area contributed by atoms with Crippen LogP contribution < -0.4 is 5.32 Å². The van der Waals surface area contributed by atoms with Crippen LogP contribution in [0.3, 0.4) is 0 Å². The van der Waals surface area contributed by atoms with Crippen molar-refractivity contribution in [3.63, 3.8) is 0 Å². The number of aromatic nitrogens is 3. The van der Waals surface area contributed by atoms with Gasteiger partial charge in [0.1, 0.15) is 5.82 Å². The molecule has 0 saturated heterocycles. The minimum Gasteiger partial charge on any atom is -0.380 e. The zero-order chi connectivity index (χ0) is 18.6. The minimum absolute atomic E-state index is 0.598. The van der Waals surface area contributed by atoms with Gasteiger partial charge in [0.2, 0.25) is 0 Å². The number of hydrogen-bond acceptors (Lipinski definition) is 5. The van der Waals surface area contributed by atoms with Gasteiger partial charge in [-0.1, -0.05) is 24.3 Å². The molecule has 2 heterocycles. The lowest BCUT2D eigenvalue weighted by molar-refractivity contribution is 0.185. The molecule has 0 fully saturated rings. The van der Waals surface area contributed by atoms with E-state index in [0.29, 0.717) is 12.4 Å². The van der Waals surface area contributed by atoms with Gasteiger partial charge in [-0.15, -0.1) is 0 Å². The van der Waals surface area contributed by atoms with Gasteiger partial charge < -0.3 is 10.1 Å². The zero-order valence-corrected chi connectivity index (χ0v) is 15.3. The fraction of sp³-hybridized carbons (Fsp3) is 0.136. The molecule has 0 saturated carbocycles. The van der Waals surface area contributed by atoms with E-state index in [9.17, 15) is 0 Å². The van der Waals surface area contributed by atoms with Gasteiger partial charge in [0.15, 0.2) is 5.82 Å². The standard InChI is InChI=1S/C22H20N4O/c1-23-22-19-12-17(16-6-3-5-15(11-16)14-27-2)8-9-20(19)25-21(26-22)18-7-4-10-24-13-18/h3-13H,14H2,1-2H3,(H,23,25,26). The van der Waals surface area contributed by atoms with Crippen LogP contribution in [-0.2, 0) is 11.3 Å². The fourth-order valence-corrected chi connectivity index (χ4v) is 3.13. The lowest BCUT2D eigenvalue weighted by atomic mass is 10.0. The average Bonchev–Trinajstić information content (AvgIpc) is 2.73. The molecule has 0 unspecified atom stereocenters. The maximum absolute atomic E-state index is 5.25. The first-order valence-electron chi connectivity index (χ1n) is 8.76. The van der Waals surface area contributed by atoms with Gasteiger partial charge >= 0.3 is 0 Å². The Balaban J connectivity index is 1.82. The molecule has 0 aliphatic rings. The minimum atomic E-state index is 0.598. The summed E-state index contributed by atoms with van der Waals surface area (Å²) < 4.78 is 5.25. The van der Waals surface area contributed by atoms with E-state index in [1.54, 1.807) is 19.5 Å². The second-order valence-corrected chi connectivity index (χ2v) is 6.25. The van der Waals surface area contributed by atoms with Crippen molar-refractivity contribution < 1.29 is 4.74 Å². The SMILES string of the molecule is CNc1nc(-c2cccnc2)nc2ccc(-c3cccc(COC)c3)cc12. The third-order valence-electron chi connectivity index (χ3n) is 4.42. The Morgan fingerprint density at radius 3 is 2.56 bits per heavy atom. The van der Waals surface area contributed by atoms with Crippen LogP contribution >= 0.6 is 0 Å². The molecule has 4 aromatic rings. The highest BCUT2D eigenvalue weighted by atomic mass is 16.5. The summed E-state index contributed by atoms with van der Waals surface area (Å²) in [6.07, 6.45) is 3.52. The monoisotopic (exact) mass is 356 g/mol. The summed E-state index contributed by atoms with van der Waals surface area (Å²) in [4.78, 5) is 13.6. The molecule has 134 valence electrons. The molecule has 2 aromatic heterocycles. The molecule has 27 heavy (non-hydrogen) atoms. The number of ether oxygens (including phenoxy) is 1. The third-order valence-corrected chi connectivity index (χ3v) is 4.42. The Bertz CT molecular complexity index is 1080. The second-order valence-electron chi connectivity index (χ2n) is 6.25. The van der Waals surface area contributed by atoms with Gasteiger partial charge in [0.25, 0.3) is 0 Å². The summed E-state index contributed by atoms with van der Waals surface area (Å²) in [6.45, 7) is 0.598. The van der Waals surface area contributed by atoms with Crippen LogP contribution in [0.2, 0.25) is 0 Å². The van der Waals surface area contributed by atoms with Crippen LogP contribution in [0.25, 0.3) is 33.4 Å². The highest BCUT2D eigenvalue weighted by molar-refractivity contribution is 5.93. The van der Waals surface area contributed by atoms with E-state index in [2.05, 4.69) is 51.7 Å². The average molecular weight is 356 g/mol. The molecule has 0 radical (unpaired) electrons. The predicted molar refractivity (Wildman–Crippen MR) is 108 cm³/mol. The maximum Gasteiger partial charge on any atom is 0.163 e. The first-order chi connectivity index (χ1) is 13.3. The molecular formula is C22H20N4O. The fourth-order valence-electron chi connectivity index (χ4n) is 3.13. The van der Waals surface area contributed by atoms with Gasteiger partial charge in [-0.25, -0.2) is 9.97 Å². The van der Waals surface area contributed by atoms with Crippen LogP contribution in [-0.4, -0.2) is 29.1 Å². The number of anilines is 1. The predicted octanol–water partition coefficient (Wildman–Crippen LogP) is 4.55. The smallest absolute Gasteiger partial charge is 0.163 e. The summed E-state index contributed by atoms with van der Waals surface area (Å²) in [6, 6.07) is 18.5. The molecule has 2 aromatic carbocycles. The number of nitrogens with zero attached hydrogens (tertiary/aromatic N) is 3. The Morgan fingerprint density at radius 2 is 1.78 bits per heavy atom. The summed E-state index contributed by atoms with van der Waals surface area (Å²) >= 11 is 0. The molecule has 5 heteroatoms. The van der Waals surface area contributed by atoms with Crippen LogP contribution in [0.15, 0.2) is 67.0 Å². The number of rotatable bonds is 5. The topological polar surface area (TPSA) is 59.9 Å². The van der Waals surface area contributed by atoms with Crippen molar-refractivity contribution in [1.29, 1.82) is 0 Å². The second kappa shape index (κ2) is 7.51. The number of benzene rings is 2. The number of hydrogen-bond donors (Lipinski definition) is 1. The number of fused-ring (bicyclic) bond motifs is 1. The molecular weight excluding hydrogens is 336 g/mol. The zero-order valence-electron chi connectivity index (χ0n) is 15.3. The Kier molecular flexibility index (Phi) is 4.77. The van der Waals surface area contributed by atoms with Gasteiger partial charge in [-0.3, -0.25) is 4.98 Å². The Morgan fingerprint density at radius 1 is 0.926 bits per heavy atom. The van der Waals surface area contributed by atoms with E-state index in [1.165, 1.54) is 0 Å². The van der Waals surface area contributed by atoms with Crippen molar-refractivity contribution in [2.24, 2.45) is 0 Å². The lowest BCUT2D eigenvalue weighted by Gasteiger charge is -2.11. The van der Waals surface area contributed by atoms with Crippen molar-refractivity contribution in [3.05, 3.63) is 72.6 Å². The number of methoxy groups -OCH3 is 1. The van der Waals surface area contributed by atoms with Crippen molar-refractivity contribution in [2.45, 2.75) is 6.61 Å². The summed E-state index contributed by atoms with van der Waals surface area (Å²) in [5.74, 6) is 1.46. The van der Waals surface area contributed by atoms with E-state index in [0.717, 1.165) is 39.0 Å². The number of nitrogens with one attached hydrogen (secondary N) is 1. The van der Waals surface area contributed by atoms with E-state index in [-0.39, 0.29) is 0 Å². The molecule has 1 N–H and O–H groups in total. The first kappa shape index (κ1) is 17.1. The summed E-state index contributed by atoms with van der Waals surface area (Å²) in [5, 5.41) is 4.18. The highest BCUT2D eigenvalue weighted by Crippen LogP contribution is 2.29. The number of pyridine rings is 1. The lowest BCUT2D eigenvalue weighted by Crippen LogP contribution is -1.99.